The first-order valence-electron chi connectivity index (χ1n) is 10.0. The Kier molecular flexibility index (Phi) is 3.59. The lowest BCUT2D eigenvalue weighted by Gasteiger charge is -2.62. The normalized spacial score (nSPS) is 60.3. The third-order valence-corrected chi connectivity index (χ3v) is 9.30. The Labute approximate surface area is 146 Å². The lowest BCUT2D eigenvalue weighted by Crippen LogP contribution is -2.61. The number of hydrogen-bond donors (Lipinski definition) is 2. The number of aliphatic hydroxyl groups is 2. The van der Waals surface area contributed by atoms with E-state index in [1.807, 2.05) is 6.92 Å². The highest BCUT2D eigenvalue weighted by molar-refractivity contribution is 5.82. The van der Waals surface area contributed by atoms with Gasteiger partial charge >= 0.3 is 0 Å². The van der Waals surface area contributed by atoms with Crippen LogP contribution < -0.4 is 0 Å². The van der Waals surface area contributed by atoms with Crippen LogP contribution in [0.15, 0.2) is 0 Å². The fourth-order valence-corrected chi connectivity index (χ4v) is 7.76. The van der Waals surface area contributed by atoms with E-state index in [1.54, 1.807) is 0 Å². The van der Waals surface area contributed by atoms with Crippen molar-refractivity contribution >= 4 is 5.78 Å². The highest BCUT2D eigenvalue weighted by Gasteiger charge is 2.66. The predicted molar refractivity (Wildman–Crippen MR) is 93.3 cm³/mol. The Morgan fingerprint density at radius 1 is 1.08 bits per heavy atom. The summed E-state index contributed by atoms with van der Waals surface area (Å²) in [5.74, 6) is 2.34. The highest BCUT2D eigenvalue weighted by atomic mass is 16.3. The third-order valence-electron chi connectivity index (χ3n) is 9.30. The van der Waals surface area contributed by atoms with E-state index in [9.17, 15) is 15.0 Å². The van der Waals surface area contributed by atoms with E-state index in [4.69, 9.17) is 0 Å². The van der Waals surface area contributed by atoms with Crippen molar-refractivity contribution in [2.45, 2.75) is 84.3 Å². The maximum atomic E-state index is 12.3. The molecule has 3 heteroatoms. The van der Waals surface area contributed by atoms with Crippen LogP contribution in [0.1, 0.15) is 72.6 Å². The van der Waals surface area contributed by atoms with Crippen LogP contribution >= 0.6 is 0 Å². The minimum absolute atomic E-state index is 0.0887. The average Bonchev–Trinajstić information content (AvgIpc) is 2.70. The molecule has 0 aromatic carbocycles. The van der Waals surface area contributed by atoms with Crippen molar-refractivity contribution in [1.29, 1.82) is 0 Å². The number of aliphatic hydroxyl groups excluding tert-OH is 1. The number of carbonyl (C=O) groups is 1. The molecule has 4 saturated carbocycles. The molecule has 3 nitrogen and oxygen atoms in total. The first kappa shape index (κ1) is 17.0. The quantitative estimate of drug-likeness (QED) is 0.712. The van der Waals surface area contributed by atoms with Gasteiger partial charge in [0.1, 0.15) is 5.78 Å². The number of fused-ring (bicyclic) bond motifs is 5. The molecule has 4 fully saturated rings. The van der Waals surface area contributed by atoms with Gasteiger partial charge in [-0.3, -0.25) is 4.79 Å². The summed E-state index contributed by atoms with van der Waals surface area (Å²) in [6, 6.07) is 0. The molecule has 4 aliphatic carbocycles. The zero-order valence-electron chi connectivity index (χ0n) is 15.7. The molecule has 9 atom stereocenters. The summed E-state index contributed by atoms with van der Waals surface area (Å²) in [4.78, 5) is 12.3. The van der Waals surface area contributed by atoms with Gasteiger partial charge in [0.15, 0.2) is 0 Å². The van der Waals surface area contributed by atoms with Crippen molar-refractivity contribution in [3.63, 3.8) is 0 Å². The monoisotopic (exact) mass is 334 g/mol. The molecule has 0 unspecified atom stereocenters. The molecule has 0 aliphatic heterocycles. The van der Waals surface area contributed by atoms with E-state index in [0.29, 0.717) is 35.9 Å². The van der Waals surface area contributed by atoms with Crippen LogP contribution in [0.5, 0.6) is 0 Å². The fraction of sp³-hybridized carbons (Fsp3) is 0.952. The average molecular weight is 335 g/mol. The standard InChI is InChI=1S/C21H34O3/c1-12-10-19(2)13(9-16(12)22)5-6-14-15-7-8-21(4,24)20(15,3)11-17(23)18(14)19/h12-15,17-18,23-24H,5-11H2,1-4H3/t12-,13+,14-,15-,17+,18+,19-,20-,21+/m0/s1. The zero-order chi connectivity index (χ0) is 17.5. The summed E-state index contributed by atoms with van der Waals surface area (Å²) in [5.41, 5.74) is -0.727. The lowest BCUT2D eigenvalue weighted by atomic mass is 9.43. The molecule has 0 heterocycles. The van der Waals surface area contributed by atoms with Crippen molar-refractivity contribution in [3.8, 4) is 0 Å². The maximum absolute atomic E-state index is 12.3. The summed E-state index contributed by atoms with van der Waals surface area (Å²) in [6.45, 7) is 8.63. The minimum Gasteiger partial charge on any atom is -0.393 e. The molecule has 4 aliphatic rings. The van der Waals surface area contributed by atoms with Gasteiger partial charge in [0.25, 0.3) is 0 Å². The molecule has 2 N–H and O–H groups in total. The summed E-state index contributed by atoms with van der Waals surface area (Å²) < 4.78 is 0. The van der Waals surface area contributed by atoms with Crippen molar-refractivity contribution in [1.82, 2.24) is 0 Å². The largest absolute Gasteiger partial charge is 0.393 e. The second-order valence-corrected chi connectivity index (χ2v) is 10.4. The van der Waals surface area contributed by atoms with Crippen molar-refractivity contribution in [2.75, 3.05) is 0 Å². The molecule has 0 aromatic heterocycles. The molecule has 4 rings (SSSR count). The van der Waals surface area contributed by atoms with Crippen LogP contribution in [0.3, 0.4) is 0 Å². The first-order chi connectivity index (χ1) is 11.1. The number of carbonyl (C=O) groups excluding carboxylic acids is 1. The Hall–Kier alpha value is -0.410. The molecular weight excluding hydrogens is 300 g/mol. The second-order valence-electron chi connectivity index (χ2n) is 10.4. The first-order valence-corrected chi connectivity index (χ1v) is 10.0. The molecule has 0 bridgehead atoms. The number of hydrogen-bond acceptors (Lipinski definition) is 3. The van der Waals surface area contributed by atoms with Gasteiger partial charge in [-0.15, -0.1) is 0 Å². The second kappa shape index (κ2) is 5.07. The van der Waals surface area contributed by atoms with E-state index in [-0.39, 0.29) is 22.9 Å². The van der Waals surface area contributed by atoms with Gasteiger partial charge in [-0.05, 0) is 74.5 Å². The zero-order valence-corrected chi connectivity index (χ0v) is 15.7. The predicted octanol–water partition coefficient (Wildman–Crippen LogP) is 3.57. The Morgan fingerprint density at radius 3 is 2.50 bits per heavy atom. The van der Waals surface area contributed by atoms with E-state index in [1.165, 1.54) is 0 Å². The van der Waals surface area contributed by atoms with Gasteiger partial charge in [0, 0.05) is 17.8 Å². The molecule has 0 aromatic rings. The van der Waals surface area contributed by atoms with Gasteiger partial charge in [-0.1, -0.05) is 20.8 Å². The molecule has 136 valence electrons. The minimum atomic E-state index is -0.656. The van der Waals surface area contributed by atoms with Gasteiger partial charge in [0.05, 0.1) is 11.7 Å². The Balaban J connectivity index is 1.71. The topological polar surface area (TPSA) is 57.5 Å². The van der Waals surface area contributed by atoms with Crippen LogP contribution in [0.2, 0.25) is 0 Å². The molecule has 0 spiro atoms. The summed E-state index contributed by atoms with van der Waals surface area (Å²) in [6.07, 6.45) is 6.23. The van der Waals surface area contributed by atoms with E-state index >= 15 is 0 Å². The van der Waals surface area contributed by atoms with Crippen molar-refractivity contribution < 1.29 is 15.0 Å². The highest BCUT2D eigenvalue weighted by Crippen LogP contribution is 2.68. The molecule has 0 radical (unpaired) electrons. The molecule has 0 saturated heterocycles. The third kappa shape index (κ3) is 2.00. The summed E-state index contributed by atoms with van der Waals surface area (Å²) >= 11 is 0. The fourth-order valence-electron chi connectivity index (χ4n) is 7.76. The summed E-state index contributed by atoms with van der Waals surface area (Å²) in [5, 5.41) is 22.2. The van der Waals surface area contributed by atoms with Gasteiger partial charge in [-0.2, -0.15) is 0 Å². The molecule has 24 heavy (non-hydrogen) atoms. The SMILES string of the molecule is C[C@H]1C[C@@]2(C)[C@H](CC[C@@H]3[C@@H]2[C@H](O)C[C@@]2(C)[C@H]3CC[C@@]2(C)O)CC1=O. The van der Waals surface area contributed by atoms with Crippen LogP contribution in [0, 0.1) is 40.4 Å². The number of Topliss-reactive ketones (excluding diaryl/α,β-unsaturated/α-hetero) is 1. The number of ketones is 1. The maximum Gasteiger partial charge on any atom is 0.136 e. The number of rotatable bonds is 0. The van der Waals surface area contributed by atoms with Crippen LogP contribution in [0.4, 0.5) is 0 Å². The van der Waals surface area contributed by atoms with Crippen LogP contribution in [-0.4, -0.2) is 27.7 Å². The van der Waals surface area contributed by atoms with Gasteiger partial charge in [-0.25, -0.2) is 0 Å². The Bertz CT molecular complexity index is 555. The van der Waals surface area contributed by atoms with E-state index in [2.05, 4.69) is 20.8 Å². The van der Waals surface area contributed by atoms with E-state index < -0.39 is 5.60 Å². The van der Waals surface area contributed by atoms with Crippen LogP contribution in [-0.2, 0) is 4.79 Å². The molecule has 0 amide bonds. The van der Waals surface area contributed by atoms with Gasteiger partial charge < -0.3 is 10.2 Å². The summed E-state index contributed by atoms with van der Waals surface area (Å²) in [7, 11) is 0. The van der Waals surface area contributed by atoms with Crippen molar-refractivity contribution in [3.05, 3.63) is 0 Å². The smallest absolute Gasteiger partial charge is 0.136 e. The van der Waals surface area contributed by atoms with E-state index in [0.717, 1.165) is 38.5 Å². The lowest BCUT2D eigenvalue weighted by molar-refractivity contribution is -0.196. The van der Waals surface area contributed by atoms with Gasteiger partial charge in [0.2, 0.25) is 0 Å². The van der Waals surface area contributed by atoms with Crippen LogP contribution in [0.25, 0.3) is 0 Å². The van der Waals surface area contributed by atoms with Crippen molar-refractivity contribution in [2.24, 2.45) is 40.4 Å². The Morgan fingerprint density at radius 2 is 1.79 bits per heavy atom. The molecular formula is C21H34O3.